The number of hydrogen-bond acceptors (Lipinski definition) is 6. The number of hydrogen-bond donors (Lipinski definition) is 0. The summed E-state index contributed by atoms with van der Waals surface area (Å²) >= 11 is 58.7. The van der Waals surface area contributed by atoms with Crippen molar-refractivity contribution >= 4 is 216 Å². The summed E-state index contributed by atoms with van der Waals surface area (Å²) in [4.78, 5) is 35.5. The van der Waals surface area contributed by atoms with Gasteiger partial charge in [-0.2, -0.15) is 18.3 Å². The van der Waals surface area contributed by atoms with Crippen molar-refractivity contribution in [3.8, 4) is 0 Å². The first-order chi connectivity index (χ1) is 36.8. The third-order valence-corrected chi connectivity index (χ3v) is 15.1. The van der Waals surface area contributed by atoms with Crippen LogP contribution >= 0.6 is 129 Å². The highest BCUT2D eigenvalue weighted by atomic mass is 35.7. The molecule has 12 aromatic rings. The zero-order valence-corrected chi connectivity index (χ0v) is 50.4. The maximum atomic E-state index is 8.87. The summed E-state index contributed by atoms with van der Waals surface area (Å²) in [5.41, 5.74) is 8.59. The fraction of sp³-hybridized carbons (Fsp3) is 0.0714. The van der Waals surface area contributed by atoms with Crippen molar-refractivity contribution in [2.75, 3.05) is 0 Å². The molecule has 12 rings (SSSR count). The molecule has 4 heterocycles. The number of aromatic nitrogens is 4. The highest BCUT2D eigenvalue weighted by molar-refractivity contribution is 7.77. The zero-order valence-electron chi connectivity index (χ0n) is 41.1. The quantitative estimate of drug-likeness (QED) is 0.0841. The second kappa shape index (κ2) is 26.0. The third-order valence-electron chi connectivity index (χ3n) is 12.3. The number of aryl methyl sites for hydroxylation is 4. The molecule has 10 nitrogen and oxygen atoms in total. The van der Waals surface area contributed by atoms with Gasteiger partial charge in [0, 0.05) is 62.4 Å². The Bertz CT molecular complexity index is 3830. The fourth-order valence-electron chi connectivity index (χ4n) is 8.90. The van der Waals surface area contributed by atoms with Gasteiger partial charge in [-0.1, -0.05) is 188 Å². The summed E-state index contributed by atoms with van der Waals surface area (Å²) in [5.74, 6) is 0. The number of fused-ring (bicyclic) bond motifs is 8. The van der Waals surface area contributed by atoms with E-state index in [0.29, 0.717) is 20.1 Å². The van der Waals surface area contributed by atoms with Gasteiger partial charge in [0.2, 0.25) is 44.1 Å². The number of nitrogens with zero attached hydrogens (tertiary/aromatic N) is 4. The van der Waals surface area contributed by atoms with E-state index in [1.807, 2.05) is 174 Å². The number of pyridine rings is 4. The molecule has 78 heavy (non-hydrogen) atoms. The lowest BCUT2D eigenvalue weighted by Gasteiger charge is -2.18. The van der Waals surface area contributed by atoms with Gasteiger partial charge >= 0.3 is 0 Å². The average Bonchev–Trinajstić information content (AvgIpc) is 3.51. The van der Waals surface area contributed by atoms with Crippen LogP contribution in [0.2, 0.25) is 40.2 Å². The lowest BCUT2D eigenvalue weighted by Crippen LogP contribution is -2.30. The van der Waals surface area contributed by atoms with Crippen LogP contribution in [0.15, 0.2) is 170 Å². The maximum absolute atomic E-state index is 8.87. The van der Waals surface area contributed by atoms with Gasteiger partial charge in [-0.05, 0) is 48.5 Å². The maximum Gasteiger partial charge on any atom is 0.215 e. The number of para-hydroxylation sites is 4. The van der Waals surface area contributed by atoms with Gasteiger partial charge in [0.1, 0.15) is 28.2 Å². The standard InChI is InChI=1S/4C14H10Cl2N.2ClH2O3P/c4*1-17-11-7-3-2-5-9(11)14(16)13-10(15)6-4-8-12(13)17;2*1-5(2,3)4/h4*2-8H,1H3;2*(H2,2,3,4)/q4*+1;;/p-4. The molecule has 0 saturated heterocycles. The Labute approximate surface area is 497 Å². The van der Waals surface area contributed by atoms with E-state index < -0.39 is 13.9 Å². The van der Waals surface area contributed by atoms with Gasteiger partial charge in [-0.25, -0.2) is 0 Å². The van der Waals surface area contributed by atoms with Crippen molar-refractivity contribution in [2.45, 2.75) is 0 Å². The van der Waals surface area contributed by atoms with Crippen LogP contribution in [-0.4, -0.2) is 0 Å². The third kappa shape index (κ3) is 14.0. The molecule has 0 aliphatic heterocycles. The van der Waals surface area contributed by atoms with Crippen molar-refractivity contribution in [1.82, 2.24) is 0 Å². The largest absolute Gasteiger partial charge is 0.799 e. The Balaban J connectivity index is 0.000000142. The van der Waals surface area contributed by atoms with Gasteiger partial charge in [-0.3, -0.25) is 0 Å². The second-order valence-corrected chi connectivity index (χ2v) is 24.3. The molecule has 0 atom stereocenters. The topological polar surface area (TPSA) is 142 Å². The van der Waals surface area contributed by atoms with Crippen LogP contribution in [0.1, 0.15) is 0 Å². The van der Waals surface area contributed by atoms with Crippen LogP contribution in [0, 0.1) is 0 Å². The Kier molecular flexibility index (Phi) is 20.5. The Morgan fingerprint density at radius 3 is 0.615 bits per heavy atom. The summed E-state index contributed by atoms with van der Waals surface area (Å²) in [6, 6.07) is 55.6. The van der Waals surface area contributed by atoms with Crippen LogP contribution in [0.5, 0.6) is 0 Å². The van der Waals surface area contributed by atoms with Gasteiger partial charge in [0.05, 0.1) is 83.3 Å². The normalized spacial score (nSPS) is 11.3. The zero-order chi connectivity index (χ0) is 57.0. The molecule has 0 aliphatic carbocycles. The molecule has 0 saturated carbocycles. The number of rotatable bonds is 0. The molecule has 4 aromatic heterocycles. The highest BCUT2D eigenvalue weighted by Gasteiger charge is 2.22. The van der Waals surface area contributed by atoms with Gasteiger partial charge in [-0.15, -0.1) is 0 Å². The van der Waals surface area contributed by atoms with E-state index >= 15 is 0 Å². The van der Waals surface area contributed by atoms with E-state index in [4.69, 9.17) is 122 Å². The fourth-order valence-corrected chi connectivity index (χ4v) is 11.6. The SMILES string of the molecule is C[n+]1c2ccccc2c(Cl)c2c(Cl)cccc21.C[n+]1c2ccccc2c(Cl)c2c(Cl)cccc21.C[n+]1c2ccccc2c(Cl)c2c(Cl)cccc21.C[n+]1c2ccccc2c(Cl)c2c(Cl)cccc21.O=P([O-])([O-])Cl.O=P([O-])([O-])Cl. The molecule has 0 unspecified atom stereocenters. The summed E-state index contributed by atoms with van der Waals surface area (Å²) in [7, 11) is 8.10. The molecule has 400 valence electrons. The molecule has 0 radical (unpaired) electrons. The van der Waals surface area contributed by atoms with Crippen LogP contribution in [0.3, 0.4) is 0 Å². The second-order valence-electron chi connectivity index (χ2n) is 17.0. The predicted molar refractivity (Wildman–Crippen MR) is 318 cm³/mol. The van der Waals surface area contributed by atoms with Crippen molar-refractivity contribution < 1.29 is 47.0 Å². The summed E-state index contributed by atoms with van der Waals surface area (Å²) in [6.45, 7) is -9.33. The molecule has 0 bridgehead atoms. The number of halogens is 10. The van der Waals surface area contributed by atoms with E-state index in [-0.39, 0.29) is 0 Å². The van der Waals surface area contributed by atoms with E-state index in [0.717, 1.165) is 107 Å². The predicted octanol–water partition coefficient (Wildman–Crippen LogP) is 14.6. The van der Waals surface area contributed by atoms with Gasteiger partial charge in [0.15, 0.2) is 0 Å². The van der Waals surface area contributed by atoms with Crippen molar-refractivity contribution in [3.63, 3.8) is 0 Å². The lowest BCUT2D eigenvalue weighted by molar-refractivity contribution is -0.617. The average molecular weight is 1280 g/mol. The van der Waals surface area contributed by atoms with Gasteiger partial charge in [0.25, 0.3) is 0 Å². The molecule has 8 aromatic carbocycles. The first-order valence-electron chi connectivity index (χ1n) is 22.8. The molecular weight excluding hydrogens is 1240 g/mol. The van der Waals surface area contributed by atoms with Crippen LogP contribution < -0.4 is 37.8 Å². The van der Waals surface area contributed by atoms with Crippen LogP contribution in [0.25, 0.3) is 87.2 Å². The molecule has 22 heteroatoms. The summed E-state index contributed by atoms with van der Waals surface area (Å²) in [6.07, 6.45) is 0. The van der Waals surface area contributed by atoms with E-state index in [2.05, 4.69) is 65.0 Å². The van der Waals surface area contributed by atoms with Crippen molar-refractivity contribution in [1.29, 1.82) is 0 Å². The molecule has 0 amide bonds. The van der Waals surface area contributed by atoms with E-state index in [9.17, 15) is 0 Å². The highest BCUT2D eigenvalue weighted by Crippen LogP contribution is 2.37. The Morgan fingerprint density at radius 2 is 0.436 bits per heavy atom. The smallest absolute Gasteiger partial charge is 0.215 e. The van der Waals surface area contributed by atoms with Crippen LogP contribution in [-0.2, 0) is 37.3 Å². The summed E-state index contributed by atoms with van der Waals surface area (Å²) in [5, 5.41) is 13.4. The van der Waals surface area contributed by atoms with Crippen molar-refractivity contribution in [3.05, 3.63) is 210 Å². The molecule has 0 aliphatic rings. The molecule has 0 N–H and O–H groups in total. The minimum Gasteiger partial charge on any atom is -0.799 e. The molecule has 0 spiro atoms. The summed E-state index contributed by atoms with van der Waals surface area (Å²) < 4.78 is 26.2. The molecular formula is C56H40Cl10N4O6P2. The minimum absolute atomic E-state index is 0.689. The Hall–Kier alpha value is -4.36. The van der Waals surface area contributed by atoms with Gasteiger partial charge < -0.3 is 28.7 Å². The van der Waals surface area contributed by atoms with Crippen LogP contribution in [0.4, 0.5) is 0 Å². The van der Waals surface area contributed by atoms with Crippen molar-refractivity contribution in [2.24, 2.45) is 28.2 Å². The first-order valence-corrected chi connectivity index (χ1v) is 30.7. The number of benzene rings is 8. The van der Waals surface area contributed by atoms with E-state index in [1.54, 1.807) is 0 Å². The Morgan fingerprint density at radius 1 is 0.282 bits per heavy atom. The first kappa shape index (κ1) is 61.3. The molecule has 0 fully saturated rings. The van der Waals surface area contributed by atoms with E-state index in [1.165, 1.54) is 0 Å². The lowest BCUT2D eigenvalue weighted by atomic mass is 10.1. The minimum atomic E-state index is -4.67. The monoisotopic (exact) mass is 1280 g/mol.